The number of hydrogen-bond donors (Lipinski definition) is 2. The largest absolute Gasteiger partial charge is 0.353 e. The van der Waals surface area contributed by atoms with Crippen LogP contribution < -0.4 is 10.6 Å². The van der Waals surface area contributed by atoms with Crippen molar-refractivity contribution in [2.75, 3.05) is 39.3 Å². The van der Waals surface area contributed by atoms with E-state index in [-0.39, 0.29) is 11.9 Å². The van der Waals surface area contributed by atoms with Gasteiger partial charge in [-0.25, -0.2) is 4.79 Å². The van der Waals surface area contributed by atoms with Crippen LogP contribution >= 0.6 is 0 Å². The normalized spacial score (nSPS) is 20.5. The molecule has 1 saturated carbocycles. The lowest BCUT2D eigenvalue weighted by molar-refractivity contribution is -0.121. The van der Waals surface area contributed by atoms with Gasteiger partial charge in [0.2, 0.25) is 5.91 Å². The van der Waals surface area contributed by atoms with Gasteiger partial charge in [-0.05, 0) is 19.4 Å². The van der Waals surface area contributed by atoms with Gasteiger partial charge in [0, 0.05) is 45.2 Å². The fourth-order valence-electron chi connectivity index (χ4n) is 3.03. The minimum atomic E-state index is -0.0422. The Morgan fingerprint density at radius 3 is 2.38 bits per heavy atom. The maximum atomic E-state index is 12.0. The van der Waals surface area contributed by atoms with Crippen molar-refractivity contribution in [3.8, 4) is 0 Å². The molecule has 0 unspecified atom stereocenters. The molecule has 120 valence electrons. The van der Waals surface area contributed by atoms with Crippen LogP contribution in [0.15, 0.2) is 0 Å². The van der Waals surface area contributed by atoms with E-state index in [4.69, 9.17) is 0 Å². The zero-order chi connectivity index (χ0) is 15.1. The number of amides is 3. The number of carbonyl (C=O) groups is 2. The molecule has 0 aromatic rings. The molecular formula is C15H28N4O2. The molecule has 2 aliphatic rings. The number of hydrogen-bond acceptors (Lipinski definition) is 3. The fourth-order valence-corrected chi connectivity index (χ4v) is 3.03. The van der Waals surface area contributed by atoms with Gasteiger partial charge in [-0.3, -0.25) is 4.79 Å². The highest BCUT2D eigenvalue weighted by molar-refractivity contribution is 5.78. The quantitative estimate of drug-likeness (QED) is 0.788. The molecular weight excluding hydrogens is 268 g/mol. The van der Waals surface area contributed by atoms with E-state index in [1.54, 1.807) is 0 Å². The lowest BCUT2D eigenvalue weighted by Gasteiger charge is -2.33. The Balaban J connectivity index is 1.57. The third-order valence-corrected chi connectivity index (χ3v) is 4.46. The predicted molar refractivity (Wildman–Crippen MR) is 82.1 cm³/mol. The molecule has 1 saturated heterocycles. The molecule has 1 heterocycles. The molecule has 0 aromatic carbocycles. The number of carbonyl (C=O) groups excluding carboxylic acids is 2. The van der Waals surface area contributed by atoms with Crippen molar-refractivity contribution in [1.29, 1.82) is 0 Å². The summed E-state index contributed by atoms with van der Waals surface area (Å²) in [6.07, 6.45) is 4.99. The second-order valence-electron chi connectivity index (χ2n) is 5.95. The summed E-state index contributed by atoms with van der Waals surface area (Å²) in [4.78, 5) is 27.9. The minimum absolute atomic E-state index is 0.0422. The molecule has 21 heavy (non-hydrogen) atoms. The summed E-state index contributed by atoms with van der Waals surface area (Å²) in [6.45, 7) is 7.01. The van der Waals surface area contributed by atoms with E-state index < -0.39 is 0 Å². The van der Waals surface area contributed by atoms with Gasteiger partial charge in [-0.15, -0.1) is 0 Å². The predicted octanol–water partition coefficient (Wildman–Crippen LogP) is 0.782. The van der Waals surface area contributed by atoms with Gasteiger partial charge < -0.3 is 20.4 Å². The van der Waals surface area contributed by atoms with E-state index in [1.807, 2.05) is 4.90 Å². The van der Waals surface area contributed by atoms with Crippen molar-refractivity contribution >= 4 is 11.9 Å². The first-order valence-electron chi connectivity index (χ1n) is 8.23. The molecule has 0 atom stereocenters. The molecule has 0 radical (unpaired) electrons. The molecule has 0 aromatic heterocycles. The third-order valence-electron chi connectivity index (χ3n) is 4.46. The van der Waals surface area contributed by atoms with Crippen molar-refractivity contribution in [2.24, 2.45) is 0 Å². The van der Waals surface area contributed by atoms with Crippen LogP contribution in [0.25, 0.3) is 0 Å². The maximum absolute atomic E-state index is 12.0. The van der Waals surface area contributed by atoms with Crippen LogP contribution in [-0.4, -0.2) is 67.0 Å². The first-order chi connectivity index (χ1) is 10.2. The zero-order valence-corrected chi connectivity index (χ0v) is 13.1. The summed E-state index contributed by atoms with van der Waals surface area (Å²) < 4.78 is 0. The van der Waals surface area contributed by atoms with E-state index in [9.17, 15) is 9.59 Å². The average molecular weight is 296 g/mol. The number of rotatable bonds is 5. The molecule has 6 heteroatoms. The van der Waals surface area contributed by atoms with E-state index in [1.165, 1.54) is 12.8 Å². The topological polar surface area (TPSA) is 64.7 Å². The van der Waals surface area contributed by atoms with E-state index in [0.717, 1.165) is 45.6 Å². The van der Waals surface area contributed by atoms with Crippen LogP contribution in [0.2, 0.25) is 0 Å². The van der Waals surface area contributed by atoms with Gasteiger partial charge in [0.25, 0.3) is 0 Å². The van der Waals surface area contributed by atoms with E-state index in [2.05, 4.69) is 22.5 Å². The van der Waals surface area contributed by atoms with Gasteiger partial charge in [-0.2, -0.15) is 0 Å². The zero-order valence-electron chi connectivity index (χ0n) is 13.1. The molecule has 2 N–H and O–H groups in total. The highest BCUT2D eigenvalue weighted by Gasteiger charge is 2.20. The van der Waals surface area contributed by atoms with E-state index >= 15 is 0 Å². The number of likely N-dealkylation sites (N-methyl/N-ethyl adjacent to an activating group) is 1. The van der Waals surface area contributed by atoms with E-state index in [0.29, 0.717) is 19.0 Å². The summed E-state index contributed by atoms with van der Waals surface area (Å²) in [5.74, 6) is 0.0537. The first-order valence-corrected chi connectivity index (χ1v) is 8.23. The minimum Gasteiger partial charge on any atom is -0.353 e. The van der Waals surface area contributed by atoms with Crippen molar-refractivity contribution < 1.29 is 9.59 Å². The molecule has 1 aliphatic carbocycles. The Hall–Kier alpha value is -1.30. The van der Waals surface area contributed by atoms with Gasteiger partial charge in [0.1, 0.15) is 0 Å². The summed E-state index contributed by atoms with van der Waals surface area (Å²) in [7, 11) is 0. The highest BCUT2D eigenvalue weighted by Crippen LogP contribution is 2.17. The molecule has 2 fully saturated rings. The van der Waals surface area contributed by atoms with Gasteiger partial charge in [0.05, 0.1) is 0 Å². The molecule has 1 aliphatic heterocycles. The maximum Gasteiger partial charge on any atom is 0.317 e. The molecule has 0 bridgehead atoms. The molecule has 3 amide bonds. The van der Waals surface area contributed by atoms with Crippen LogP contribution in [0.5, 0.6) is 0 Å². The molecule has 6 nitrogen and oxygen atoms in total. The summed E-state index contributed by atoms with van der Waals surface area (Å²) in [5, 5.41) is 5.88. The standard InChI is InChI=1S/C15H28N4O2/c1-2-18-9-11-19(12-10-18)15(21)16-8-7-14(20)17-13-5-3-4-6-13/h13H,2-12H2,1H3,(H,16,21)(H,17,20). The highest BCUT2D eigenvalue weighted by atomic mass is 16.2. The first kappa shape index (κ1) is 16.1. The number of piperazine rings is 1. The average Bonchev–Trinajstić information content (AvgIpc) is 3.00. The third kappa shape index (κ3) is 5.19. The second kappa shape index (κ2) is 8.22. The van der Waals surface area contributed by atoms with Crippen molar-refractivity contribution in [3.05, 3.63) is 0 Å². The smallest absolute Gasteiger partial charge is 0.317 e. The van der Waals surface area contributed by atoms with Crippen LogP contribution in [-0.2, 0) is 4.79 Å². The summed E-state index contributed by atoms with van der Waals surface area (Å²) in [6, 6.07) is 0.315. The number of urea groups is 1. The lowest BCUT2D eigenvalue weighted by Crippen LogP contribution is -2.52. The fraction of sp³-hybridized carbons (Fsp3) is 0.867. The summed E-state index contributed by atoms with van der Waals surface area (Å²) in [5.41, 5.74) is 0. The Morgan fingerprint density at radius 1 is 1.10 bits per heavy atom. The van der Waals surface area contributed by atoms with Gasteiger partial charge >= 0.3 is 6.03 Å². The monoisotopic (exact) mass is 296 g/mol. The molecule has 0 spiro atoms. The van der Waals surface area contributed by atoms with Crippen LogP contribution in [0.3, 0.4) is 0 Å². The van der Waals surface area contributed by atoms with Crippen LogP contribution in [0, 0.1) is 0 Å². The van der Waals surface area contributed by atoms with Crippen LogP contribution in [0.4, 0.5) is 4.79 Å². The van der Waals surface area contributed by atoms with Gasteiger partial charge in [0.15, 0.2) is 0 Å². The lowest BCUT2D eigenvalue weighted by atomic mass is 10.2. The Bertz CT molecular complexity index is 348. The SMILES string of the molecule is CCN1CCN(C(=O)NCCC(=O)NC2CCCC2)CC1. The summed E-state index contributed by atoms with van der Waals surface area (Å²) >= 11 is 0. The van der Waals surface area contributed by atoms with Gasteiger partial charge in [-0.1, -0.05) is 19.8 Å². The number of nitrogens with zero attached hydrogens (tertiary/aromatic N) is 2. The van der Waals surface area contributed by atoms with Crippen LogP contribution in [0.1, 0.15) is 39.0 Å². The Labute approximate surface area is 127 Å². The second-order valence-corrected chi connectivity index (χ2v) is 5.95. The Kier molecular flexibility index (Phi) is 6.29. The number of nitrogens with one attached hydrogen (secondary N) is 2. The van der Waals surface area contributed by atoms with Crippen molar-refractivity contribution in [3.63, 3.8) is 0 Å². The Morgan fingerprint density at radius 2 is 1.76 bits per heavy atom. The molecule has 2 rings (SSSR count). The van der Waals surface area contributed by atoms with Crippen molar-refractivity contribution in [1.82, 2.24) is 20.4 Å². The van der Waals surface area contributed by atoms with Crippen molar-refractivity contribution in [2.45, 2.75) is 45.1 Å².